The molecule has 0 bridgehead atoms. The second kappa shape index (κ2) is 14.1. The number of nitrogens with one attached hydrogen (secondary N) is 1. The highest BCUT2D eigenvalue weighted by Crippen LogP contribution is 2.35. The average molecular weight is 628 g/mol. The van der Waals surface area contributed by atoms with Crippen LogP contribution in [0.4, 0.5) is 5.69 Å². The van der Waals surface area contributed by atoms with Crippen LogP contribution >= 0.6 is 11.6 Å². The molecule has 11 heteroatoms. The van der Waals surface area contributed by atoms with Crippen molar-refractivity contribution in [2.45, 2.75) is 63.1 Å². The molecule has 1 aliphatic carbocycles. The monoisotopic (exact) mass is 627 g/mol. The Morgan fingerprint density at radius 2 is 1.70 bits per heavy atom. The average Bonchev–Trinajstić information content (AvgIpc) is 3.51. The first-order valence-electron chi connectivity index (χ1n) is 14.2. The van der Waals surface area contributed by atoms with Gasteiger partial charge in [0, 0.05) is 17.6 Å². The van der Waals surface area contributed by atoms with E-state index in [4.69, 9.17) is 21.1 Å². The normalized spacial score (nSPS) is 14.2. The number of ether oxygens (including phenoxy) is 2. The maximum atomic E-state index is 14.2. The van der Waals surface area contributed by atoms with Gasteiger partial charge >= 0.3 is 0 Å². The molecule has 43 heavy (non-hydrogen) atoms. The van der Waals surface area contributed by atoms with E-state index >= 15 is 0 Å². The third-order valence-corrected chi connectivity index (χ3v) is 9.66. The lowest BCUT2D eigenvalue weighted by molar-refractivity contribution is -0.139. The second-order valence-corrected chi connectivity index (χ2v) is 13.0. The molecule has 0 aromatic heterocycles. The summed E-state index contributed by atoms with van der Waals surface area (Å²) in [7, 11) is -1.31. The molecule has 9 nitrogen and oxygen atoms in total. The van der Waals surface area contributed by atoms with Gasteiger partial charge in [-0.15, -0.1) is 0 Å². The Bertz CT molecular complexity index is 1540. The van der Waals surface area contributed by atoms with Gasteiger partial charge in [-0.1, -0.05) is 54.3 Å². The summed E-state index contributed by atoms with van der Waals surface area (Å²) in [5.41, 5.74) is 1.71. The first-order chi connectivity index (χ1) is 20.5. The first kappa shape index (κ1) is 32.2. The molecule has 1 saturated carbocycles. The lowest BCUT2D eigenvalue weighted by Crippen LogP contribution is -2.52. The van der Waals surface area contributed by atoms with Crippen LogP contribution in [0.25, 0.3) is 0 Å². The number of halogens is 1. The van der Waals surface area contributed by atoms with Crippen LogP contribution in [0, 0.1) is 6.92 Å². The molecule has 3 aromatic carbocycles. The summed E-state index contributed by atoms with van der Waals surface area (Å²) in [6, 6.07) is 17.3. The van der Waals surface area contributed by atoms with E-state index in [1.165, 1.54) is 30.2 Å². The topological polar surface area (TPSA) is 105 Å². The van der Waals surface area contributed by atoms with Gasteiger partial charge in [0.15, 0.2) is 0 Å². The molecule has 4 rings (SSSR count). The van der Waals surface area contributed by atoms with Gasteiger partial charge in [-0.2, -0.15) is 0 Å². The fourth-order valence-corrected chi connectivity index (χ4v) is 6.73. The first-order valence-corrected chi connectivity index (χ1v) is 16.0. The summed E-state index contributed by atoms with van der Waals surface area (Å²) < 4.78 is 40.1. The van der Waals surface area contributed by atoms with Crippen molar-refractivity contribution in [3.05, 3.63) is 82.9 Å². The number of aryl methyl sites for hydroxylation is 1. The number of methoxy groups -OCH3 is 2. The van der Waals surface area contributed by atoms with Gasteiger partial charge in [-0.25, -0.2) is 8.42 Å². The van der Waals surface area contributed by atoms with Crippen molar-refractivity contribution >= 4 is 39.1 Å². The molecule has 0 saturated heterocycles. The van der Waals surface area contributed by atoms with E-state index in [9.17, 15) is 18.0 Å². The van der Waals surface area contributed by atoms with E-state index in [0.717, 1.165) is 41.1 Å². The number of hydrogen-bond acceptors (Lipinski definition) is 6. The van der Waals surface area contributed by atoms with Gasteiger partial charge < -0.3 is 19.7 Å². The van der Waals surface area contributed by atoms with E-state index in [2.05, 4.69) is 5.32 Å². The molecule has 1 aliphatic rings. The third kappa shape index (κ3) is 7.80. The summed E-state index contributed by atoms with van der Waals surface area (Å²) >= 11 is 6.31. The smallest absolute Gasteiger partial charge is 0.264 e. The molecule has 0 spiro atoms. The van der Waals surface area contributed by atoms with E-state index in [0.29, 0.717) is 5.75 Å². The van der Waals surface area contributed by atoms with Crippen LogP contribution in [0.2, 0.25) is 5.02 Å². The van der Waals surface area contributed by atoms with Gasteiger partial charge in [-0.3, -0.25) is 13.9 Å². The van der Waals surface area contributed by atoms with E-state index in [-0.39, 0.29) is 39.8 Å². The van der Waals surface area contributed by atoms with E-state index in [1.54, 1.807) is 56.5 Å². The van der Waals surface area contributed by atoms with Crippen molar-refractivity contribution in [3.8, 4) is 11.5 Å². The Morgan fingerprint density at radius 3 is 2.35 bits per heavy atom. The van der Waals surface area contributed by atoms with Gasteiger partial charge in [0.2, 0.25) is 11.8 Å². The highest BCUT2D eigenvalue weighted by molar-refractivity contribution is 7.92. The highest BCUT2D eigenvalue weighted by Gasteiger charge is 2.34. The molecule has 1 atom stereocenters. The van der Waals surface area contributed by atoms with Crippen LogP contribution in [0.1, 0.15) is 43.7 Å². The van der Waals surface area contributed by atoms with Crippen LogP contribution < -0.4 is 19.1 Å². The van der Waals surface area contributed by atoms with Crippen LogP contribution in [0.3, 0.4) is 0 Å². The van der Waals surface area contributed by atoms with Gasteiger partial charge in [0.05, 0.1) is 24.8 Å². The van der Waals surface area contributed by atoms with E-state index in [1.807, 2.05) is 13.0 Å². The number of sulfonamides is 1. The lowest BCUT2D eigenvalue weighted by Gasteiger charge is -2.33. The molecule has 1 N–H and O–H groups in total. The predicted molar refractivity (Wildman–Crippen MR) is 167 cm³/mol. The van der Waals surface area contributed by atoms with Crippen LogP contribution in [0.5, 0.6) is 11.5 Å². The maximum absolute atomic E-state index is 14.2. The van der Waals surface area contributed by atoms with Crippen LogP contribution in [-0.4, -0.2) is 58.0 Å². The van der Waals surface area contributed by atoms with Crippen LogP contribution in [-0.2, 0) is 26.2 Å². The molecular weight excluding hydrogens is 590 g/mol. The highest BCUT2D eigenvalue weighted by atomic mass is 35.5. The fraction of sp³-hybridized carbons (Fsp3) is 0.375. The molecule has 0 aliphatic heterocycles. The van der Waals surface area contributed by atoms with Gasteiger partial charge in [0.25, 0.3) is 10.0 Å². The molecule has 2 amide bonds. The number of hydrogen-bond donors (Lipinski definition) is 1. The standard InChI is InChI=1S/C32H38ClN3O6S/c1-22-12-15-28(16-13-22)43(39,40)36(29-19-25(33)14-17-30(29)42-4)21-31(37)35(20-24-8-7-11-27(18-24)41-3)23(2)32(38)34-26-9-5-6-10-26/h7-8,11-19,23,26H,5-6,9-10,20-21H2,1-4H3,(H,34,38). The summed E-state index contributed by atoms with van der Waals surface area (Å²) in [6.07, 6.45) is 3.86. The van der Waals surface area contributed by atoms with Crippen molar-refractivity contribution in [1.82, 2.24) is 10.2 Å². The Labute approximate surface area is 258 Å². The minimum Gasteiger partial charge on any atom is -0.497 e. The molecule has 3 aromatic rings. The summed E-state index contributed by atoms with van der Waals surface area (Å²) in [5, 5.41) is 3.34. The molecular formula is C32H38ClN3O6S. The van der Waals surface area contributed by atoms with Crippen molar-refractivity contribution in [2.75, 3.05) is 25.1 Å². The number of carbonyl (C=O) groups excluding carboxylic acids is 2. The quantitative estimate of drug-likeness (QED) is 0.291. The van der Waals surface area contributed by atoms with Gasteiger partial charge in [-0.05, 0) is 74.7 Å². The zero-order chi connectivity index (χ0) is 31.1. The van der Waals surface area contributed by atoms with Gasteiger partial charge in [0.1, 0.15) is 24.1 Å². The number of benzene rings is 3. The SMILES string of the molecule is COc1cccc(CN(C(=O)CN(c2cc(Cl)ccc2OC)S(=O)(=O)c2ccc(C)cc2)C(C)C(=O)NC2CCCC2)c1. The summed E-state index contributed by atoms with van der Waals surface area (Å²) in [6.45, 7) is 2.96. The van der Waals surface area contributed by atoms with E-state index < -0.39 is 28.5 Å². The summed E-state index contributed by atoms with van der Waals surface area (Å²) in [4.78, 5) is 29.0. The molecule has 0 radical (unpaired) electrons. The third-order valence-electron chi connectivity index (χ3n) is 7.65. The minimum atomic E-state index is -4.27. The molecule has 0 heterocycles. The Morgan fingerprint density at radius 1 is 1.00 bits per heavy atom. The fourth-order valence-electron chi connectivity index (χ4n) is 5.15. The van der Waals surface area contributed by atoms with Crippen molar-refractivity contribution < 1.29 is 27.5 Å². The second-order valence-electron chi connectivity index (χ2n) is 10.7. The largest absolute Gasteiger partial charge is 0.497 e. The maximum Gasteiger partial charge on any atom is 0.264 e. The Kier molecular flexibility index (Phi) is 10.6. The molecule has 1 fully saturated rings. The number of amides is 2. The van der Waals surface area contributed by atoms with Crippen molar-refractivity contribution in [3.63, 3.8) is 0 Å². The van der Waals surface area contributed by atoms with Crippen LogP contribution in [0.15, 0.2) is 71.6 Å². The Hall–Kier alpha value is -3.76. The minimum absolute atomic E-state index is 0.000649. The number of nitrogens with zero attached hydrogens (tertiary/aromatic N) is 2. The Balaban J connectivity index is 1.74. The predicted octanol–water partition coefficient (Wildman–Crippen LogP) is 5.34. The van der Waals surface area contributed by atoms with Crippen molar-refractivity contribution in [2.24, 2.45) is 0 Å². The zero-order valence-electron chi connectivity index (χ0n) is 24.9. The number of anilines is 1. The number of rotatable bonds is 12. The molecule has 230 valence electrons. The zero-order valence-corrected chi connectivity index (χ0v) is 26.5. The number of carbonyl (C=O) groups is 2. The lowest BCUT2D eigenvalue weighted by atomic mass is 10.1. The van der Waals surface area contributed by atoms with Crippen molar-refractivity contribution in [1.29, 1.82) is 0 Å². The molecule has 1 unspecified atom stereocenters. The summed E-state index contributed by atoms with van der Waals surface area (Å²) in [5.74, 6) is -0.0505.